The quantitative estimate of drug-likeness (QED) is 0.854. The van der Waals surface area contributed by atoms with Gasteiger partial charge in [-0.15, -0.1) is 0 Å². The molecule has 0 unspecified atom stereocenters. The Bertz CT molecular complexity index is 626. The van der Waals surface area contributed by atoms with Crippen molar-refractivity contribution < 1.29 is 4.79 Å². The number of carbonyl (C=O) groups is 1. The lowest BCUT2D eigenvalue weighted by Gasteiger charge is -2.22. The van der Waals surface area contributed by atoms with Gasteiger partial charge in [-0.1, -0.05) is 18.2 Å². The third-order valence-corrected chi connectivity index (χ3v) is 3.85. The van der Waals surface area contributed by atoms with Crippen molar-refractivity contribution in [3.8, 4) is 0 Å². The number of pyridine rings is 1. The van der Waals surface area contributed by atoms with Crippen molar-refractivity contribution in [3.63, 3.8) is 0 Å². The molecule has 0 N–H and O–H groups in total. The first-order valence-corrected chi connectivity index (χ1v) is 7.09. The molecule has 20 heavy (non-hydrogen) atoms. The average molecular weight is 269 g/mol. The molecule has 2 heterocycles. The molecule has 1 fully saturated rings. The van der Waals surface area contributed by atoms with Gasteiger partial charge in [-0.05, 0) is 24.6 Å². The van der Waals surface area contributed by atoms with Gasteiger partial charge in [0.05, 0.1) is 5.52 Å². The minimum atomic E-state index is 0.282. The number of hydrogen-bond donors (Lipinski definition) is 0. The van der Waals surface area contributed by atoms with E-state index in [9.17, 15) is 4.79 Å². The molecule has 0 radical (unpaired) electrons. The normalized spacial score (nSPS) is 15.1. The summed E-state index contributed by atoms with van der Waals surface area (Å²) in [6.45, 7) is 2.50. The van der Waals surface area contributed by atoms with E-state index in [1.54, 1.807) is 0 Å². The Morgan fingerprint density at radius 1 is 1.25 bits per heavy atom. The van der Waals surface area contributed by atoms with Crippen LogP contribution in [0.15, 0.2) is 36.4 Å². The van der Waals surface area contributed by atoms with Gasteiger partial charge < -0.3 is 9.80 Å². The Kier molecular flexibility index (Phi) is 3.54. The lowest BCUT2D eigenvalue weighted by Crippen LogP contribution is -2.34. The van der Waals surface area contributed by atoms with Gasteiger partial charge in [0.1, 0.15) is 5.82 Å². The van der Waals surface area contributed by atoms with Crippen molar-refractivity contribution >= 4 is 22.6 Å². The smallest absolute Gasteiger partial charge is 0.222 e. The topological polar surface area (TPSA) is 36.4 Å². The van der Waals surface area contributed by atoms with Crippen LogP contribution in [0.3, 0.4) is 0 Å². The number of aromatic nitrogens is 1. The van der Waals surface area contributed by atoms with Gasteiger partial charge in [-0.2, -0.15) is 0 Å². The Balaban J connectivity index is 1.68. The molecule has 1 aliphatic heterocycles. The number of rotatable bonds is 4. The molecule has 4 nitrogen and oxygen atoms in total. The number of likely N-dealkylation sites (tertiary alicyclic amines) is 1. The average Bonchev–Trinajstić information content (AvgIpc) is 2.89. The van der Waals surface area contributed by atoms with E-state index in [1.807, 2.05) is 36.2 Å². The minimum absolute atomic E-state index is 0.282. The lowest BCUT2D eigenvalue weighted by atomic mass is 10.2. The Labute approximate surface area is 119 Å². The molecular weight excluding hydrogens is 250 g/mol. The summed E-state index contributed by atoms with van der Waals surface area (Å²) in [4.78, 5) is 20.3. The number of carbonyl (C=O) groups excluding carboxylic acids is 1. The second-order valence-corrected chi connectivity index (χ2v) is 5.27. The van der Waals surface area contributed by atoms with E-state index in [4.69, 9.17) is 0 Å². The van der Waals surface area contributed by atoms with E-state index in [0.29, 0.717) is 6.42 Å². The number of hydrogen-bond acceptors (Lipinski definition) is 3. The van der Waals surface area contributed by atoms with Gasteiger partial charge in [0.2, 0.25) is 5.91 Å². The number of amides is 1. The summed E-state index contributed by atoms with van der Waals surface area (Å²) in [6.07, 6.45) is 1.70. The molecule has 1 saturated heterocycles. The third-order valence-electron chi connectivity index (χ3n) is 3.85. The maximum Gasteiger partial charge on any atom is 0.222 e. The van der Waals surface area contributed by atoms with Crippen LogP contribution >= 0.6 is 0 Å². The minimum Gasteiger partial charge on any atom is -0.358 e. The van der Waals surface area contributed by atoms with Crippen LogP contribution in [0.1, 0.15) is 12.8 Å². The fraction of sp³-hybridized carbons (Fsp3) is 0.375. The SMILES string of the molecule is CN(CCN1CCCC1=O)c1ccc2ccccc2n1. The monoisotopic (exact) mass is 269 g/mol. The molecule has 0 spiro atoms. The van der Waals surface area contributed by atoms with Gasteiger partial charge in [-0.3, -0.25) is 4.79 Å². The van der Waals surface area contributed by atoms with Crippen molar-refractivity contribution in [2.24, 2.45) is 0 Å². The molecule has 2 aromatic rings. The van der Waals surface area contributed by atoms with Crippen LogP contribution in [0.2, 0.25) is 0 Å². The molecule has 1 aromatic heterocycles. The van der Waals surface area contributed by atoms with E-state index in [-0.39, 0.29) is 5.91 Å². The van der Waals surface area contributed by atoms with Crippen molar-refractivity contribution in [2.45, 2.75) is 12.8 Å². The highest BCUT2D eigenvalue weighted by molar-refractivity contribution is 5.80. The summed E-state index contributed by atoms with van der Waals surface area (Å²) >= 11 is 0. The standard InChI is InChI=1S/C16H19N3O/c1-18(11-12-19-10-4-7-16(19)20)15-9-8-13-5-2-3-6-14(13)17-15/h2-3,5-6,8-9H,4,7,10-12H2,1H3. The fourth-order valence-corrected chi connectivity index (χ4v) is 2.59. The molecule has 1 aromatic carbocycles. The molecule has 0 aliphatic carbocycles. The predicted octanol–water partition coefficient (Wildman–Crippen LogP) is 2.29. The van der Waals surface area contributed by atoms with Crippen molar-refractivity contribution in [2.75, 3.05) is 31.6 Å². The summed E-state index contributed by atoms with van der Waals surface area (Å²) in [7, 11) is 2.03. The largest absolute Gasteiger partial charge is 0.358 e. The molecule has 0 saturated carbocycles. The zero-order valence-corrected chi connectivity index (χ0v) is 11.7. The van der Waals surface area contributed by atoms with Crippen LogP contribution in [-0.2, 0) is 4.79 Å². The van der Waals surface area contributed by atoms with E-state index in [1.165, 1.54) is 0 Å². The fourth-order valence-electron chi connectivity index (χ4n) is 2.59. The summed E-state index contributed by atoms with van der Waals surface area (Å²) in [5, 5.41) is 1.15. The number of benzene rings is 1. The summed E-state index contributed by atoms with van der Waals surface area (Å²) in [5.41, 5.74) is 1.01. The molecule has 0 atom stereocenters. The molecule has 4 heteroatoms. The van der Waals surface area contributed by atoms with E-state index in [2.05, 4.69) is 22.0 Å². The zero-order chi connectivity index (χ0) is 13.9. The van der Waals surface area contributed by atoms with Crippen LogP contribution in [0.25, 0.3) is 10.9 Å². The molecule has 0 bridgehead atoms. The summed E-state index contributed by atoms with van der Waals surface area (Å²) in [5.74, 6) is 1.24. The highest BCUT2D eigenvalue weighted by Crippen LogP contribution is 2.17. The van der Waals surface area contributed by atoms with Gasteiger partial charge in [0, 0.05) is 38.5 Å². The van der Waals surface area contributed by atoms with E-state index >= 15 is 0 Å². The Morgan fingerprint density at radius 2 is 2.10 bits per heavy atom. The maximum atomic E-state index is 11.6. The molecule has 1 amide bonds. The highest BCUT2D eigenvalue weighted by atomic mass is 16.2. The van der Waals surface area contributed by atoms with Crippen LogP contribution in [0.4, 0.5) is 5.82 Å². The van der Waals surface area contributed by atoms with Gasteiger partial charge in [0.25, 0.3) is 0 Å². The molecular formula is C16H19N3O. The van der Waals surface area contributed by atoms with Crippen LogP contribution in [-0.4, -0.2) is 42.5 Å². The third kappa shape index (κ3) is 2.59. The lowest BCUT2D eigenvalue weighted by molar-refractivity contribution is -0.127. The predicted molar refractivity (Wildman–Crippen MR) is 80.8 cm³/mol. The molecule has 1 aliphatic rings. The van der Waals surface area contributed by atoms with Crippen molar-refractivity contribution in [3.05, 3.63) is 36.4 Å². The van der Waals surface area contributed by atoms with Crippen LogP contribution in [0, 0.1) is 0 Å². The molecule has 104 valence electrons. The van der Waals surface area contributed by atoms with Gasteiger partial charge in [-0.25, -0.2) is 4.98 Å². The summed E-state index contributed by atoms with van der Waals surface area (Å²) < 4.78 is 0. The van der Waals surface area contributed by atoms with Crippen LogP contribution < -0.4 is 4.90 Å². The summed E-state index contributed by atoms with van der Waals surface area (Å²) in [6, 6.07) is 12.2. The second-order valence-electron chi connectivity index (χ2n) is 5.27. The number of likely N-dealkylation sites (N-methyl/N-ethyl adjacent to an activating group) is 1. The van der Waals surface area contributed by atoms with Crippen molar-refractivity contribution in [1.82, 2.24) is 9.88 Å². The first-order chi connectivity index (χ1) is 9.74. The van der Waals surface area contributed by atoms with Gasteiger partial charge in [0.15, 0.2) is 0 Å². The maximum absolute atomic E-state index is 11.6. The zero-order valence-electron chi connectivity index (χ0n) is 11.7. The number of para-hydroxylation sites is 1. The Morgan fingerprint density at radius 3 is 2.90 bits per heavy atom. The first kappa shape index (κ1) is 12.9. The number of nitrogens with zero attached hydrogens (tertiary/aromatic N) is 3. The van der Waals surface area contributed by atoms with E-state index in [0.717, 1.165) is 42.8 Å². The number of anilines is 1. The van der Waals surface area contributed by atoms with Gasteiger partial charge >= 0.3 is 0 Å². The molecule has 3 rings (SSSR count). The van der Waals surface area contributed by atoms with Crippen molar-refractivity contribution in [1.29, 1.82) is 0 Å². The Hall–Kier alpha value is -2.10. The number of fused-ring (bicyclic) bond motifs is 1. The second kappa shape index (κ2) is 5.49. The highest BCUT2D eigenvalue weighted by Gasteiger charge is 2.19. The van der Waals surface area contributed by atoms with E-state index < -0.39 is 0 Å². The first-order valence-electron chi connectivity index (χ1n) is 7.09. The van der Waals surface area contributed by atoms with Crippen LogP contribution in [0.5, 0.6) is 0 Å².